The number of amides is 1. The lowest BCUT2D eigenvalue weighted by atomic mass is 10.1. The summed E-state index contributed by atoms with van der Waals surface area (Å²) in [5.41, 5.74) is 1.24. The predicted molar refractivity (Wildman–Crippen MR) is 97.9 cm³/mol. The number of hydrogen-bond donors (Lipinski definition) is 1. The number of benzene rings is 1. The van der Waals surface area contributed by atoms with E-state index < -0.39 is 12.1 Å². The predicted octanol–water partition coefficient (Wildman–Crippen LogP) is 2.63. The van der Waals surface area contributed by atoms with Gasteiger partial charge in [-0.2, -0.15) is 13.2 Å². The summed E-state index contributed by atoms with van der Waals surface area (Å²) >= 11 is 0. The van der Waals surface area contributed by atoms with E-state index in [0.717, 1.165) is 43.5 Å². The van der Waals surface area contributed by atoms with E-state index in [4.69, 9.17) is 19.4 Å². The van der Waals surface area contributed by atoms with E-state index in [2.05, 4.69) is 21.9 Å². The molecule has 2 atom stereocenters. The smallest absolute Gasteiger partial charge is 0.475 e. The molecule has 3 heterocycles. The Morgan fingerprint density at radius 1 is 1.13 bits per heavy atom. The molecule has 5 rings (SSSR count). The molecule has 1 N–H and O–H groups in total. The molecule has 0 spiro atoms. The van der Waals surface area contributed by atoms with E-state index >= 15 is 0 Å². The molecule has 3 aliphatic heterocycles. The molecule has 0 unspecified atom stereocenters. The second-order valence-electron chi connectivity index (χ2n) is 8.08. The van der Waals surface area contributed by atoms with Crippen LogP contribution < -0.4 is 9.47 Å². The third-order valence-corrected chi connectivity index (χ3v) is 5.95. The molecule has 7 nitrogen and oxygen atoms in total. The summed E-state index contributed by atoms with van der Waals surface area (Å²) in [6.45, 7) is 3.29. The number of halogens is 3. The van der Waals surface area contributed by atoms with Crippen molar-refractivity contribution in [3.63, 3.8) is 0 Å². The molecular weight excluding hydrogens is 405 g/mol. The van der Waals surface area contributed by atoms with Gasteiger partial charge in [0.05, 0.1) is 0 Å². The van der Waals surface area contributed by atoms with Crippen molar-refractivity contribution in [1.29, 1.82) is 0 Å². The van der Waals surface area contributed by atoms with Gasteiger partial charge in [0.15, 0.2) is 11.5 Å². The van der Waals surface area contributed by atoms with Crippen molar-refractivity contribution in [1.82, 2.24) is 9.80 Å². The number of carbonyl (C=O) groups excluding carboxylic acids is 1. The Kier molecular flexibility index (Phi) is 5.52. The van der Waals surface area contributed by atoms with Gasteiger partial charge in [0, 0.05) is 38.1 Å². The van der Waals surface area contributed by atoms with Crippen LogP contribution in [0.5, 0.6) is 11.5 Å². The maximum absolute atomic E-state index is 12.4. The van der Waals surface area contributed by atoms with Crippen LogP contribution in [-0.2, 0) is 16.1 Å². The summed E-state index contributed by atoms with van der Waals surface area (Å²) in [6.07, 6.45) is -0.653. The van der Waals surface area contributed by atoms with Gasteiger partial charge in [0.1, 0.15) is 0 Å². The summed E-state index contributed by atoms with van der Waals surface area (Å²) in [5.74, 6) is 0.0613. The van der Waals surface area contributed by atoms with E-state index in [1.165, 1.54) is 18.4 Å². The monoisotopic (exact) mass is 428 g/mol. The van der Waals surface area contributed by atoms with Crippen LogP contribution in [0.1, 0.15) is 31.2 Å². The Morgan fingerprint density at radius 3 is 2.50 bits per heavy atom. The summed E-state index contributed by atoms with van der Waals surface area (Å²) in [5, 5.41) is 7.12. The second-order valence-corrected chi connectivity index (χ2v) is 8.08. The van der Waals surface area contributed by atoms with E-state index in [9.17, 15) is 18.0 Å². The first kappa shape index (κ1) is 20.8. The van der Waals surface area contributed by atoms with Gasteiger partial charge in [-0.3, -0.25) is 9.69 Å². The fraction of sp³-hybridized carbons (Fsp3) is 0.600. The van der Waals surface area contributed by atoms with E-state index in [-0.39, 0.29) is 0 Å². The van der Waals surface area contributed by atoms with Crippen LogP contribution in [0.4, 0.5) is 13.2 Å². The minimum atomic E-state index is -5.08. The molecule has 1 aromatic carbocycles. The van der Waals surface area contributed by atoms with Gasteiger partial charge in [-0.25, -0.2) is 4.79 Å². The molecule has 4 aliphatic rings. The number of rotatable bonds is 4. The molecule has 1 amide bonds. The Labute approximate surface area is 171 Å². The highest BCUT2D eigenvalue weighted by molar-refractivity contribution is 5.80. The number of nitrogens with zero attached hydrogens (tertiary/aromatic N) is 2. The minimum absolute atomic E-state index is 0.317. The highest BCUT2D eigenvalue weighted by atomic mass is 19.4. The van der Waals surface area contributed by atoms with Crippen molar-refractivity contribution in [3.05, 3.63) is 23.8 Å². The maximum atomic E-state index is 12.4. The Hall–Kier alpha value is -2.49. The molecule has 1 aromatic rings. The third kappa shape index (κ3) is 4.48. The first-order valence-corrected chi connectivity index (χ1v) is 9.94. The zero-order chi connectivity index (χ0) is 21.5. The van der Waals surface area contributed by atoms with Crippen molar-refractivity contribution in [2.75, 3.05) is 19.9 Å². The normalized spacial score (nSPS) is 25.2. The molecule has 2 saturated heterocycles. The second kappa shape index (κ2) is 7.98. The van der Waals surface area contributed by atoms with Crippen LogP contribution >= 0.6 is 0 Å². The van der Waals surface area contributed by atoms with E-state index in [1.807, 2.05) is 6.07 Å². The van der Waals surface area contributed by atoms with Crippen molar-refractivity contribution in [2.45, 2.75) is 50.5 Å². The zero-order valence-electron chi connectivity index (χ0n) is 16.2. The Bertz CT molecular complexity index is 827. The van der Waals surface area contributed by atoms with Gasteiger partial charge in [0.25, 0.3) is 0 Å². The maximum Gasteiger partial charge on any atom is 0.490 e. The van der Waals surface area contributed by atoms with Gasteiger partial charge in [0.2, 0.25) is 12.7 Å². The molecule has 0 bridgehead atoms. The van der Waals surface area contributed by atoms with Gasteiger partial charge < -0.3 is 19.5 Å². The molecule has 30 heavy (non-hydrogen) atoms. The van der Waals surface area contributed by atoms with Crippen LogP contribution in [0.25, 0.3) is 0 Å². The zero-order valence-corrected chi connectivity index (χ0v) is 16.2. The molecular formula is C20H23F3N2O5. The Morgan fingerprint density at radius 2 is 1.83 bits per heavy atom. The van der Waals surface area contributed by atoms with E-state index in [1.54, 1.807) is 0 Å². The number of carboxylic acids is 1. The number of hydrogen-bond acceptors (Lipinski definition) is 5. The molecule has 164 valence electrons. The number of aliphatic carboxylic acids is 1. The topological polar surface area (TPSA) is 79.3 Å². The first-order valence-electron chi connectivity index (χ1n) is 9.94. The number of ether oxygens (including phenoxy) is 2. The van der Waals surface area contributed by atoms with Crippen LogP contribution in [0.3, 0.4) is 0 Å². The van der Waals surface area contributed by atoms with Gasteiger partial charge in [-0.15, -0.1) is 0 Å². The number of likely N-dealkylation sites (tertiary alicyclic amines) is 2. The highest BCUT2D eigenvalue weighted by Gasteiger charge is 2.47. The fourth-order valence-electron chi connectivity index (χ4n) is 4.30. The first-order chi connectivity index (χ1) is 14.2. The van der Waals surface area contributed by atoms with Crippen LogP contribution in [0, 0.1) is 5.92 Å². The van der Waals surface area contributed by atoms with Crippen molar-refractivity contribution < 1.29 is 37.3 Å². The molecule has 1 aliphatic carbocycles. The minimum Gasteiger partial charge on any atom is -0.475 e. The summed E-state index contributed by atoms with van der Waals surface area (Å²) in [4.78, 5) is 25.9. The number of alkyl halides is 3. The average molecular weight is 428 g/mol. The quantitative estimate of drug-likeness (QED) is 0.795. The largest absolute Gasteiger partial charge is 0.490 e. The lowest BCUT2D eigenvalue weighted by molar-refractivity contribution is -0.192. The van der Waals surface area contributed by atoms with Crippen molar-refractivity contribution in [2.24, 2.45) is 5.92 Å². The Balaban J connectivity index is 0.000000272. The lowest BCUT2D eigenvalue weighted by Crippen LogP contribution is -2.38. The van der Waals surface area contributed by atoms with Crippen LogP contribution in [-0.4, -0.2) is 64.9 Å². The lowest BCUT2D eigenvalue weighted by Gasteiger charge is -2.25. The molecule has 3 fully saturated rings. The number of carboxylic acid groups (broad SMARTS) is 1. The van der Waals surface area contributed by atoms with E-state index in [0.29, 0.717) is 31.2 Å². The van der Waals surface area contributed by atoms with Gasteiger partial charge in [-0.1, -0.05) is 6.07 Å². The van der Waals surface area contributed by atoms with Gasteiger partial charge >= 0.3 is 12.1 Å². The van der Waals surface area contributed by atoms with Crippen LogP contribution in [0.15, 0.2) is 18.2 Å². The van der Waals surface area contributed by atoms with Crippen LogP contribution in [0.2, 0.25) is 0 Å². The van der Waals surface area contributed by atoms with Crippen molar-refractivity contribution in [3.8, 4) is 11.5 Å². The summed E-state index contributed by atoms with van der Waals surface area (Å²) in [7, 11) is 0. The fourth-order valence-corrected chi connectivity index (χ4v) is 4.30. The average Bonchev–Trinajstić information content (AvgIpc) is 3.10. The number of fused-ring (bicyclic) bond motifs is 2. The molecule has 0 aromatic heterocycles. The highest BCUT2D eigenvalue weighted by Crippen LogP contribution is 2.39. The molecule has 1 saturated carbocycles. The molecule has 10 heteroatoms. The summed E-state index contributed by atoms with van der Waals surface area (Å²) in [6, 6.07) is 7.02. The third-order valence-electron chi connectivity index (χ3n) is 5.95. The van der Waals surface area contributed by atoms with Gasteiger partial charge in [-0.05, 0) is 42.9 Å². The molecule has 0 radical (unpaired) electrons. The number of carbonyl (C=O) groups is 2. The summed E-state index contributed by atoms with van der Waals surface area (Å²) < 4.78 is 42.6. The van der Waals surface area contributed by atoms with Crippen molar-refractivity contribution >= 4 is 11.9 Å². The SMILES string of the molecule is O=C(O)C(F)(F)F.O=C1C[C@H]2[C@@H](CCN2Cc2ccc3c(c2)OCO3)N1CC1CC1. The standard InChI is InChI=1S/C18H22N2O3.C2HF3O2/c21-18-8-15-14(20(18)10-12-1-2-12)5-6-19(15)9-13-3-4-16-17(7-13)23-11-22-16;3-2(4,5)1(6)7/h3-4,7,12,14-15H,1-2,5-6,8-11H2;(H,6,7)/t14-,15+;/m1./s1.